The van der Waals surface area contributed by atoms with Crippen LogP contribution in [0.4, 0.5) is 5.69 Å². The number of hydrogen-bond donors (Lipinski definition) is 1. The SMILES string of the molecule is Cc1ccc(OCc2cn3cc(N)ccc3n2)cc1. The van der Waals surface area contributed by atoms with Gasteiger partial charge in [0.25, 0.3) is 0 Å². The van der Waals surface area contributed by atoms with E-state index in [-0.39, 0.29) is 0 Å². The van der Waals surface area contributed by atoms with E-state index in [1.165, 1.54) is 5.56 Å². The molecule has 2 aromatic heterocycles. The van der Waals surface area contributed by atoms with E-state index in [9.17, 15) is 0 Å². The monoisotopic (exact) mass is 253 g/mol. The highest BCUT2D eigenvalue weighted by atomic mass is 16.5. The van der Waals surface area contributed by atoms with E-state index in [1.54, 1.807) is 0 Å². The number of pyridine rings is 1. The van der Waals surface area contributed by atoms with Crippen LogP contribution in [0, 0.1) is 6.92 Å². The van der Waals surface area contributed by atoms with Crippen molar-refractivity contribution in [2.24, 2.45) is 0 Å². The molecule has 2 heterocycles. The van der Waals surface area contributed by atoms with Gasteiger partial charge in [-0.1, -0.05) is 17.7 Å². The molecule has 4 nitrogen and oxygen atoms in total. The van der Waals surface area contributed by atoms with Gasteiger partial charge >= 0.3 is 0 Å². The summed E-state index contributed by atoms with van der Waals surface area (Å²) in [7, 11) is 0. The minimum atomic E-state index is 0.449. The van der Waals surface area contributed by atoms with Gasteiger partial charge in [-0.15, -0.1) is 0 Å². The molecule has 96 valence electrons. The van der Waals surface area contributed by atoms with Crippen LogP contribution < -0.4 is 10.5 Å². The summed E-state index contributed by atoms with van der Waals surface area (Å²) in [5, 5.41) is 0. The van der Waals surface area contributed by atoms with Gasteiger partial charge in [-0.3, -0.25) is 0 Å². The number of benzene rings is 1. The van der Waals surface area contributed by atoms with Crippen molar-refractivity contribution in [1.82, 2.24) is 9.38 Å². The lowest BCUT2D eigenvalue weighted by Crippen LogP contribution is -1.95. The Hall–Kier alpha value is -2.49. The number of nitrogen functional groups attached to an aromatic ring is 1. The van der Waals surface area contributed by atoms with E-state index in [0.29, 0.717) is 6.61 Å². The molecule has 1 aromatic carbocycles. The number of aryl methyl sites for hydroxylation is 1. The normalized spacial score (nSPS) is 10.8. The summed E-state index contributed by atoms with van der Waals surface area (Å²) in [6, 6.07) is 11.7. The summed E-state index contributed by atoms with van der Waals surface area (Å²) >= 11 is 0. The Morgan fingerprint density at radius 1 is 1.11 bits per heavy atom. The molecule has 0 saturated carbocycles. The van der Waals surface area contributed by atoms with Crippen molar-refractivity contribution in [2.75, 3.05) is 5.73 Å². The fourth-order valence-corrected chi connectivity index (χ4v) is 1.92. The number of nitrogens with zero attached hydrogens (tertiary/aromatic N) is 2. The van der Waals surface area contributed by atoms with Gasteiger partial charge in [-0.05, 0) is 31.2 Å². The zero-order chi connectivity index (χ0) is 13.2. The van der Waals surface area contributed by atoms with Crippen molar-refractivity contribution in [1.29, 1.82) is 0 Å². The fraction of sp³-hybridized carbons (Fsp3) is 0.133. The molecule has 0 radical (unpaired) electrons. The molecule has 0 atom stereocenters. The molecule has 0 aliphatic carbocycles. The number of aromatic nitrogens is 2. The van der Waals surface area contributed by atoms with E-state index in [2.05, 4.69) is 11.9 Å². The highest BCUT2D eigenvalue weighted by Gasteiger charge is 2.02. The van der Waals surface area contributed by atoms with Crippen molar-refractivity contribution < 1.29 is 4.74 Å². The van der Waals surface area contributed by atoms with Crippen LogP contribution in [0.2, 0.25) is 0 Å². The number of ether oxygens (including phenoxy) is 1. The molecule has 19 heavy (non-hydrogen) atoms. The van der Waals surface area contributed by atoms with Crippen molar-refractivity contribution >= 4 is 11.3 Å². The predicted molar refractivity (Wildman–Crippen MR) is 75.1 cm³/mol. The minimum Gasteiger partial charge on any atom is -0.487 e. The molecule has 0 unspecified atom stereocenters. The Morgan fingerprint density at radius 2 is 1.89 bits per heavy atom. The number of nitrogens with two attached hydrogens (primary N) is 1. The summed E-state index contributed by atoms with van der Waals surface area (Å²) in [6.07, 6.45) is 3.78. The fourth-order valence-electron chi connectivity index (χ4n) is 1.92. The first-order chi connectivity index (χ1) is 9.20. The third kappa shape index (κ3) is 2.52. The Labute approximate surface area is 111 Å². The second-order valence-corrected chi connectivity index (χ2v) is 4.56. The molecule has 3 aromatic rings. The van der Waals surface area contributed by atoms with E-state index in [0.717, 1.165) is 22.8 Å². The Balaban J connectivity index is 1.76. The number of fused-ring (bicyclic) bond motifs is 1. The smallest absolute Gasteiger partial charge is 0.137 e. The Morgan fingerprint density at radius 3 is 2.68 bits per heavy atom. The van der Waals surface area contributed by atoms with Gasteiger partial charge in [0.1, 0.15) is 18.0 Å². The first-order valence-electron chi connectivity index (χ1n) is 6.13. The van der Waals surface area contributed by atoms with Crippen LogP contribution in [-0.4, -0.2) is 9.38 Å². The molecule has 0 fully saturated rings. The maximum absolute atomic E-state index is 5.73. The average molecular weight is 253 g/mol. The quantitative estimate of drug-likeness (QED) is 0.781. The lowest BCUT2D eigenvalue weighted by Gasteiger charge is -2.03. The number of anilines is 1. The second kappa shape index (κ2) is 4.65. The first kappa shape index (κ1) is 11.6. The Bertz CT molecular complexity index is 701. The van der Waals surface area contributed by atoms with Crippen LogP contribution in [-0.2, 0) is 6.61 Å². The lowest BCUT2D eigenvalue weighted by molar-refractivity contribution is 0.302. The Kier molecular flexibility index (Phi) is 2.83. The maximum atomic E-state index is 5.73. The van der Waals surface area contributed by atoms with Crippen LogP contribution in [0.1, 0.15) is 11.3 Å². The van der Waals surface area contributed by atoms with Gasteiger partial charge < -0.3 is 14.9 Å². The number of imidazole rings is 1. The van der Waals surface area contributed by atoms with Gasteiger partial charge in [0, 0.05) is 18.1 Å². The van der Waals surface area contributed by atoms with Crippen LogP contribution >= 0.6 is 0 Å². The van der Waals surface area contributed by atoms with Gasteiger partial charge in [0.2, 0.25) is 0 Å². The van der Waals surface area contributed by atoms with Crippen molar-refractivity contribution in [3.05, 3.63) is 60.0 Å². The maximum Gasteiger partial charge on any atom is 0.137 e. The van der Waals surface area contributed by atoms with E-state index < -0.39 is 0 Å². The molecule has 0 saturated heterocycles. The summed E-state index contributed by atoms with van der Waals surface area (Å²) in [5.74, 6) is 0.849. The molecule has 0 aliphatic heterocycles. The molecule has 0 amide bonds. The van der Waals surface area contributed by atoms with Gasteiger partial charge in [0.15, 0.2) is 0 Å². The third-order valence-electron chi connectivity index (χ3n) is 2.93. The lowest BCUT2D eigenvalue weighted by atomic mass is 10.2. The highest BCUT2D eigenvalue weighted by molar-refractivity contribution is 5.48. The molecule has 0 bridgehead atoms. The second-order valence-electron chi connectivity index (χ2n) is 4.56. The van der Waals surface area contributed by atoms with Crippen LogP contribution in [0.3, 0.4) is 0 Å². The van der Waals surface area contributed by atoms with E-state index in [4.69, 9.17) is 10.5 Å². The summed E-state index contributed by atoms with van der Waals surface area (Å²) in [4.78, 5) is 4.47. The summed E-state index contributed by atoms with van der Waals surface area (Å²) < 4.78 is 7.61. The largest absolute Gasteiger partial charge is 0.487 e. The first-order valence-corrected chi connectivity index (χ1v) is 6.13. The number of rotatable bonds is 3. The van der Waals surface area contributed by atoms with Gasteiger partial charge in [0.05, 0.1) is 5.69 Å². The van der Waals surface area contributed by atoms with Crippen molar-refractivity contribution in [2.45, 2.75) is 13.5 Å². The molecule has 0 aliphatic rings. The van der Waals surface area contributed by atoms with Gasteiger partial charge in [-0.25, -0.2) is 4.98 Å². The van der Waals surface area contributed by atoms with Crippen molar-refractivity contribution in [3.63, 3.8) is 0 Å². The highest BCUT2D eigenvalue weighted by Crippen LogP contribution is 2.14. The van der Waals surface area contributed by atoms with E-state index in [1.807, 2.05) is 53.2 Å². The zero-order valence-corrected chi connectivity index (χ0v) is 10.7. The molecule has 2 N–H and O–H groups in total. The van der Waals surface area contributed by atoms with Crippen LogP contribution in [0.5, 0.6) is 5.75 Å². The third-order valence-corrected chi connectivity index (χ3v) is 2.93. The molecular formula is C15H15N3O. The zero-order valence-electron chi connectivity index (χ0n) is 10.7. The average Bonchev–Trinajstić information content (AvgIpc) is 2.80. The molecule has 3 rings (SSSR count). The van der Waals surface area contributed by atoms with Crippen LogP contribution in [0.15, 0.2) is 48.8 Å². The standard InChI is InChI=1S/C15H15N3O/c1-11-2-5-14(6-3-11)19-10-13-9-18-8-12(16)4-7-15(18)17-13/h2-9H,10,16H2,1H3. The molecular weight excluding hydrogens is 238 g/mol. The predicted octanol–water partition coefficient (Wildman–Crippen LogP) is 2.80. The minimum absolute atomic E-state index is 0.449. The summed E-state index contributed by atoms with van der Waals surface area (Å²) in [6.45, 7) is 2.50. The van der Waals surface area contributed by atoms with Crippen LogP contribution in [0.25, 0.3) is 5.65 Å². The molecule has 4 heteroatoms. The van der Waals surface area contributed by atoms with E-state index >= 15 is 0 Å². The number of hydrogen-bond acceptors (Lipinski definition) is 3. The van der Waals surface area contributed by atoms with Crippen molar-refractivity contribution in [3.8, 4) is 5.75 Å². The summed E-state index contributed by atoms with van der Waals surface area (Å²) in [5.41, 5.74) is 9.42. The molecule has 0 spiro atoms. The topological polar surface area (TPSA) is 52.5 Å². The van der Waals surface area contributed by atoms with Gasteiger partial charge in [-0.2, -0.15) is 0 Å².